The molecule has 0 radical (unpaired) electrons. The normalized spacial score (nSPS) is 16.1. The lowest BCUT2D eigenvalue weighted by molar-refractivity contribution is 0.0175. The van der Waals surface area contributed by atoms with E-state index in [1.54, 1.807) is 6.07 Å². The van der Waals surface area contributed by atoms with Crippen molar-refractivity contribution < 1.29 is 13.6 Å². The van der Waals surface area contributed by atoms with E-state index in [-0.39, 0.29) is 16.9 Å². The van der Waals surface area contributed by atoms with E-state index in [0.717, 1.165) is 44.2 Å². The molecule has 3 rings (SSSR count). The zero-order valence-electron chi connectivity index (χ0n) is 17.9. The smallest absolute Gasteiger partial charge is 0.270 e. The van der Waals surface area contributed by atoms with E-state index in [0.29, 0.717) is 17.3 Å². The number of nitrogens with one attached hydrogen (secondary N) is 2. The maximum Gasteiger partial charge on any atom is 0.270 e. The molecule has 0 spiro atoms. The summed E-state index contributed by atoms with van der Waals surface area (Å²) >= 11 is 0. The van der Waals surface area contributed by atoms with Gasteiger partial charge in [0.15, 0.2) is 0 Å². The van der Waals surface area contributed by atoms with Gasteiger partial charge < -0.3 is 15.2 Å². The van der Waals surface area contributed by atoms with Crippen LogP contribution in [0, 0.1) is 6.92 Å². The van der Waals surface area contributed by atoms with Crippen molar-refractivity contribution >= 4 is 11.6 Å². The van der Waals surface area contributed by atoms with Gasteiger partial charge in [0, 0.05) is 41.0 Å². The summed E-state index contributed by atoms with van der Waals surface area (Å²) in [5, 5.41) is 6.20. The Bertz CT molecular complexity index is 885. The number of halogens is 2. The van der Waals surface area contributed by atoms with Crippen molar-refractivity contribution in [1.29, 1.82) is 0 Å². The SMILES string of the molecule is Cc1c(C(=O)Nc2cccc(C(C)(F)F)c2)cc(C(C)(C)C)n1C1CCNCC1. The van der Waals surface area contributed by atoms with Crippen LogP contribution in [0.2, 0.25) is 0 Å². The fraction of sp³-hybridized carbons (Fsp3) is 0.522. The molecule has 29 heavy (non-hydrogen) atoms. The standard InChI is InChI=1S/C23H31F2N3O/c1-15-19(21(29)27-17-8-6-7-16(13-17)23(5,24)25)14-20(22(2,3)4)28(15)18-9-11-26-12-10-18/h6-8,13-14,18,26H,9-12H2,1-5H3,(H,27,29). The average Bonchev–Trinajstić information content (AvgIpc) is 3.00. The van der Waals surface area contributed by atoms with E-state index >= 15 is 0 Å². The maximum atomic E-state index is 13.6. The molecule has 2 heterocycles. The van der Waals surface area contributed by atoms with Crippen LogP contribution < -0.4 is 10.6 Å². The molecule has 4 nitrogen and oxygen atoms in total. The van der Waals surface area contributed by atoms with Crippen LogP contribution in [0.3, 0.4) is 0 Å². The van der Waals surface area contributed by atoms with Crippen molar-refractivity contribution in [3.05, 3.63) is 52.8 Å². The highest BCUT2D eigenvalue weighted by Crippen LogP contribution is 2.34. The minimum absolute atomic E-state index is 0.113. The molecule has 0 bridgehead atoms. The fourth-order valence-corrected chi connectivity index (χ4v) is 4.03. The van der Waals surface area contributed by atoms with E-state index in [2.05, 4.69) is 36.0 Å². The van der Waals surface area contributed by atoms with Crippen LogP contribution in [0.25, 0.3) is 0 Å². The summed E-state index contributed by atoms with van der Waals surface area (Å²) in [6.07, 6.45) is 2.04. The van der Waals surface area contributed by atoms with Crippen LogP contribution >= 0.6 is 0 Å². The Morgan fingerprint density at radius 1 is 1.14 bits per heavy atom. The Labute approximate surface area is 171 Å². The second-order valence-electron chi connectivity index (χ2n) is 9.05. The van der Waals surface area contributed by atoms with Crippen molar-refractivity contribution in [3.8, 4) is 0 Å². The molecule has 1 aliphatic heterocycles. The molecular formula is C23H31F2N3O. The second kappa shape index (κ2) is 7.90. The van der Waals surface area contributed by atoms with Crippen LogP contribution in [0.1, 0.15) is 73.9 Å². The molecule has 1 aromatic carbocycles. The molecule has 0 aliphatic carbocycles. The first-order valence-electron chi connectivity index (χ1n) is 10.2. The highest BCUT2D eigenvalue weighted by molar-refractivity contribution is 6.05. The molecule has 1 fully saturated rings. The van der Waals surface area contributed by atoms with Crippen LogP contribution in [-0.2, 0) is 11.3 Å². The quantitative estimate of drug-likeness (QED) is 0.720. The summed E-state index contributed by atoms with van der Waals surface area (Å²) in [4.78, 5) is 13.0. The van der Waals surface area contributed by atoms with Crippen LogP contribution in [0.15, 0.2) is 30.3 Å². The maximum absolute atomic E-state index is 13.6. The summed E-state index contributed by atoms with van der Waals surface area (Å²) in [5.74, 6) is -3.22. The molecule has 2 aromatic rings. The van der Waals surface area contributed by atoms with Crippen LogP contribution in [0.4, 0.5) is 14.5 Å². The molecular weight excluding hydrogens is 372 g/mol. The molecule has 0 saturated carbocycles. The molecule has 1 aromatic heterocycles. The molecule has 0 atom stereocenters. The van der Waals surface area contributed by atoms with E-state index < -0.39 is 5.92 Å². The summed E-state index contributed by atoms with van der Waals surface area (Å²) in [6.45, 7) is 11.2. The molecule has 2 N–H and O–H groups in total. The number of alkyl halides is 2. The van der Waals surface area contributed by atoms with Gasteiger partial charge in [-0.1, -0.05) is 32.9 Å². The third-order valence-corrected chi connectivity index (χ3v) is 5.61. The third kappa shape index (κ3) is 4.69. The monoisotopic (exact) mass is 403 g/mol. The Morgan fingerprint density at radius 3 is 2.38 bits per heavy atom. The third-order valence-electron chi connectivity index (χ3n) is 5.61. The lowest BCUT2D eigenvalue weighted by atomic mass is 9.91. The topological polar surface area (TPSA) is 46.1 Å². The number of benzene rings is 1. The first kappa shape index (κ1) is 21.5. The van der Waals surface area contributed by atoms with E-state index in [1.165, 1.54) is 18.2 Å². The number of carbonyl (C=O) groups excluding carboxylic acids is 1. The number of nitrogens with zero attached hydrogens (tertiary/aromatic N) is 1. The molecule has 1 amide bonds. The number of rotatable bonds is 4. The average molecular weight is 404 g/mol. The van der Waals surface area contributed by atoms with Crippen molar-refractivity contribution in [2.75, 3.05) is 18.4 Å². The van der Waals surface area contributed by atoms with Crippen molar-refractivity contribution in [3.63, 3.8) is 0 Å². The Hall–Kier alpha value is -2.21. The van der Waals surface area contributed by atoms with Gasteiger partial charge in [-0.15, -0.1) is 0 Å². The molecule has 6 heteroatoms. The van der Waals surface area contributed by atoms with Crippen LogP contribution in [-0.4, -0.2) is 23.6 Å². The second-order valence-corrected chi connectivity index (χ2v) is 9.05. The minimum atomic E-state index is -2.95. The lowest BCUT2D eigenvalue weighted by Crippen LogP contribution is -2.32. The number of carbonyl (C=O) groups is 1. The molecule has 1 saturated heterocycles. The van der Waals surface area contributed by atoms with Gasteiger partial charge in [0.25, 0.3) is 11.8 Å². The highest BCUT2D eigenvalue weighted by atomic mass is 19.3. The van der Waals surface area contributed by atoms with Gasteiger partial charge >= 0.3 is 0 Å². The molecule has 158 valence electrons. The van der Waals surface area contributed by atoms with Gasteiger partial charge in [0.05, 0.1) is 5.56 Å². The highest BCUT2D eigenvalue weighted by Gasteiger charge is 2.29. The lowest BCUT2D eigenvalue weighted by Gasteiger charge is -2.31. The number of hydrogen-bond donors (Lipinski definition) is 2. The fourth-order valence-electron chi connectivity index (χ4n) is 4.03. The molecule has 0 unspecified atom stereocenters. The van der Waals surface area contributed by atoms with Gasteiger partial charge in [-0.2, -0.15) is 0 Å². The number of anilines is 1. The summed E-state index contributed by atoms with van der Waals surface area (Å²) in [6, 6.07) is 8.19. The van der Waals surface area contributed by atoms with Crippen LogP contribution in [0.5, 0.6) is 0 Å². The van der Waals surface area contributed by atoms with E-state index in [9.17, 15) is 13.6 Å². The zero-order valence-corrected chi connectivity index (χ0v) is 17.9. The number of piperidine rings is 1. The Morgan fingerprint density at radius 2 is 1.79 bits per heavy atom. The van der Waals surface area contributed by atoms with Gasteiger partial charge in [-0.05, 0) is 51.1 Å². The van der Waals surface area contributed by atoms with Gasteiger partial charge in [0.1, 0.15) is 0 Å². The predicted molar refractivity (Wildman–Crippen MR) is 113 cm³/mol. The van der Waals surface area contributed by atoms with E-state index in [1.807, 2.05) is 13.0 Å². The van der Waals surface area contributed by atoms with Gasteiger partial charge in [-0.25, -0.2) is 8.78 Å². The van der Waals surface area contributed by atoms with Gasteiger partial charge in [0.2, 0.25) is 0 Å². The van der Waals surface area contributed by atoms with Crippen molar-refractivity contribution in [1.82, 2.24) is 9.88 Å². The number of hydrogen-bond acceptors (Lipinski definition) is 2. The number of amides is 1. The largest absolute Gasteiger partial charge is 0.344 e. The minimum Gasteiger partial charge on any atom is -0.344 e. The Kier molecular flexibility index (Phi) is 5.86. The summed E-state index contributed by atoms with van der Waals surface area (Å²) < 4.78 is 29.6. The first-order valence-corrected chi connectivity index (χ1v) is 10.2. The van der Waals surface area contributed by atoms with Gasteiger partial charge in [-0.3, -0.25) is 4.79 Å². The Balaban J connectivity index is 1.94. The van der Waals surface area contributed by atoms with E-state index in [4.69, 9.17) is 0 Å². The summed E-state index contributed by atoms with van der Waals surface area (Å²) in [7, 11) is 0. The first-order chi connectivity index (χ1) is 13.5. The molecule has 1 aliphatic rings. The van der Waals surface area contributed by atoms with Crippen molar-refractivity contribution in [2.45, 2.75) is 64.8 Å². The van der Waals surface area contributed by atoms with Crippen molar-refractivity contribution in [2.24, 2.45) is 0 Å². The number of aromatic nitrogens is 1. The predicted octanol–water partition coefficient (Wildman–Crippen LogP) is 5.38. The zero-order chi connectivity index (χ0) is 21.4. The summed E-state index contributed by atoms with van der Waals surface area (Å²) in [5.41, 5.74) is 2.80.